The normalized spacial score (nSPS) is 21.9. The average molecular weight is 341 g/mol. The molecule has 2 atom stereocenters. The lowest BCUT2D eigenvalue weighted by atomic mass is 9.95. The van der Waals surface area contributed by atoms with Gasteiger partial charge in [0.25, 0.3) is 0 Å². The molecule has 1 aliphatic heterocycles. The zero-order valence-corrected chi connectivity index (χ0v) is 14.0. The SMILES string of the molecule is COCC1CCCN(C(CN)c2ccc(C)cc2Br)C1. The van der Waals surface area contributed by atoms with Crippen molar-refractivity contribution in [3.05, 3.63) is 33.8 Å². The zero-order chi connectivity index (χ0) is 14.5. The Morgan fingerprint density at radius 1 is 1.50 bits per heavy atom. The van der Waals surface area contributed by atoms with E-state index < -0.39 is 0 Å². The van der Waals surface area contributed by atoms with E-state index in [2.05, 4.69) is 46.0 Å². The van der Waals surface area contributed by atoms with Gasteiger partial charge in [-0.15, -0.1) is 0 Å². The van der Waals surface area contributed by atoms with Gasteiger partial charge in [-0.3, -0.25) is 4.90 Å². The largest absolute Gasteiger partial charge is 0.384 e. The standard InChI is InChI=1S/C16H25BrN2O/c1-12-5-6-14(15(17)8-12)16(9-18)19-7-3-4-13(10-19)11-20-2/h5-6,8,13,16H,3-4,7,9-11,18H2,1-2H3. The third kappa shape index (κ3) is 3.82. The second kappa shape index (κ2) is 7.55. The average Bonchev–Trinajstić information content (AvgIpc) is 2.43. The van der Waals surface area contributed by atoms with Crippen molar-refractivity contribution < 1.29 is 4.74 Å². The number of aryl methyl sites for hydroxylation is 1. The predicted molar refractivity (Wildman–Crippen MR) is 86.8 cm³/mol. The van der Waals surface area contributed by atoms with Crippen molar-refractivity contribution in [3.63, 3.8) is 0 Å². The van der Waals surface area contributed by atoms with Gasteiger partial charge in [0, 0.05) is 30.7 Å². The molecule has 3 nitrogen and oxygen atoms in total. The maximum atomic E-state index is 6.07. The summed E-state index contributed by atoms with van der Waals surface area (Å²) in [5, 5.41) is 0. The molecule has 2 unspecified atom stereocenters. The Labute approximate surface area is 130 Å². The van der Waals surface area contributed by atoms with Gasteiger partial charge in [0.05, 0.1) is 6.61 Å². The highest BCUT2D eigenvalue weighted by Gasteiger charge is 2.27. The number of rotatable bonds is 5. The third-order valence-corrected chi connectivity index (χ3v) is 4.82. The van der Waals surface area contributed by atoms with Crippen molar-refractivity contribution >= 4 is 15.9 Å². The molecule has 0 radical (unpaired) electrons. The van der Waals surface area contributed by atoms with Gasteiger partial charge in [0.15, 0.2) is 0 Å². The summed E-state index contributed by atoms with van der Waals surface area (Å²) in [6.45, 7) is 5.82. The lowest BCUT2D eigenvalue weighted by Crippen LogP contribution is -2.42. The molecular weight excluding hydrogens is 316 g/mol. The van der Waals surface area contributed by atoms with Crippen molar-refractivity contribution in [3.8, 4) is 0 Å². The summed E-state index contributed by atoms with van der Waals surface area (Å²) in [7, 11) is 1.79. The number of halogens is 1. The fourth-order valence-electron chi connectivity index (χ4n) is 3.13. The molecule has 0 spiro atoms. The van der Waals surface area contributed by atoms with Crippen molar-refractivity contribution in [2.24, 2.45) is 11.7 Å². The molecule has 1 saturated heterocycles. The molecule has 1 fully saturated rings. The van der Waals surface area contributed by atoms with E-state index in [0.717, 1.165) is 19.7 Å². The van der Waals surface area contributed by atoms with Crippen molar-refractivity contribution in [2.75, 3.05) is 33.4 Å². The summed E-state index contributed by atoms with van der Waals surface area (Å²) in [5.74, 6) is 0.632. The van der Waals surface area contributed by atoms with Crippen molar-refractivity contribution in [1.29, 1.82) is 0 Å². The van der Waals surface area contributed by atoms with Gasteiger partial charge >= 0.3 is 0 Å². The van der Waals surface area contributed by atoms with E-state index in [1.807, 2.05) is 0 Å². The molecule has 1 aliphatic rings. The molecule has 2 N–H and O–H groups in total. The second-order valence-electron chi connectivity index (χ2n) is 5.73. The van der Waals surface area contributed by atoms with E-state index in [0.29, 0.717) is 18.5 Å². The van der Waals surface area contributed by atoms with Crippen LogP contribution in [0.1, 0.15) is 30.0 Å². The molecular formula is C16H25BrN2O. The number of benzene rings is 1. The highest BCUT2D eigenvalue weighted by Crippen LogP contribution is 2.31. The number of nitrogens with zero attached hydrogens (tertiary/aromatic N) is 1. The lowest BCUT2D eigenvalue weighted by Gasteiger charge is -2.38. The fourth-order valence-corrected chi connectivity index (χ4v) is 3.88. The first kappa shape index (κ1) is 16.0. The summed E-state index contributed by atoms with van der Waals surface area (Å²) in [4.78, 5) is 2.52. The van der Waals surface area contributed by atoms with Gasteiger partial charge in [-0.25, -0.2) is 0 Å². The summed E-state index contributed by atoms with van der Waals surface area (Å²) >= 11 is 3.69. The molecule has 20 heavy (non-hydrogen) atoms. The Kier molecular flexibility index (Phi) is 6.02. The van der Waals surface area contributed by atoms with E-state index in [-0.39, 0.29) is 0 Å². The van der Waals surface area contributed by atoms with E-state index in [1.54, 1.807) is 7.11 Å². The van der Waals surface area contributed by atoms with E-state index in [1.165, 1.54) is 28.4 Å². The first-order chi connectivity index (χ1) is 9.65. The minimum Gasteiger partial charge on any atom is -0.384 e. The van der Waals surface area contributed by atoms with Gasteiger partial charge in [-0.05, 0) is 49.4 Å². The van der Waals surface area contributed by atoms with Crippen LogP contribution in [0.3, 0.4) is 0 Å². The van der Waals surface area contributed by atoms with Gasteiger partial charge in [-0.1, -0.05) is 28.1 Å². The van der Waals surface area contributed by atoms with E-state index >= 15 is 0 Å². The predicted octanol–water partition coefficient (Wildman–Crippen LogP) is 3.12. The minimum atomic E-state index is 0.296. The van der Waals surface area contributed by atoms with Crippen LogP contribution in [0.4, 0.5) is 0 Å². The Bertz CT molecular complexity index is 436. The van der Waals surface area contributed by atoms with Gasteiger partial charge in [0.2, 0.25) is 0 Å². The Morgan fingerprint density at radius 3 is 2.95 bits per heavy atom. The number of methoxy groups -OCH3 is 1. The molecule has 4 heteroatoms. The zero-order valence-electron chi connectivity index (χ0n) is 12.4. The Balaban J connectivity index is 2.14. The molecule has 1 aromatic carbocycles. The maximum absolute atomic E-state index is 6.07. The van der Waals surface area contributed by atoms with Gasteiger partial charge in [0.1, 0.15) is 0 Å². The molecule has 0 amide bonds. The topological polar surface area (TPSA) is 38.5 Å². The summed E-state index contributed by atoms with van der Waals surface area (Å²) < 4.78 is 6.49. The molecule has 0 aromatic heterocycles. The summed E-state index contributed by atoms with van der Waals surface area (Å²) in [5.41, 5.74) is 8.64. The van der Waals surface area contributed by atoms with Crippen LogP contribution in [0.25, 0.3) is 0 Å². The highest BCUT2D eigenvalue weighted by atomic mass is 79.9. The monoisotopic (exact) mass is 340 g/mol. The number of ether oxygens (including phenoxy) is 1. The smallest absolute Gasteiger partial charge is 0.0502 e. The van der Waals surface area contributed by atoms with E-state index in [9.17, 15) is 0 Å². The summed E-state index contributed by atoms with van der Waals surface area (Å²) in [6, 6.07) is 6.84. The van der Waals surface area contributed by atoms with Crippen molar-refractivity contribution in [1.82, 2.24) is 4.90 Å². The van der Waals surface area contributed by atoms with Crippen LogP contribution in [0, 0.1) is 12.8 Å². The van der Waals surface area contributed by atoms with Crippen LogP contribution in [-0.4, -0.2) is 38.3 Å². The number of hydrogen-bond acceptors (Lipinski definition) is 3. The molecule has 2 rings (SSSR count). The number of likely N-dealkylation sites (tertiary alicyclic amines) is 1. The number of piperidine rings is 1. The third-order valence-electron chi connectivity index (χ3n) is 4.13. The first-order valence-electron chi connectivity index (χ1n) is 7.34. The van der Waals surface area contributed by atoms with Crippen LogP contribution in [0.2, 0.25) is 0 Å². The van der Waals surface area contributed by atoms with E-state index in [4.69, 9.17) is 10.5 Å². The molecule has 0 aliphatic carbocycles. The van der Waals surface area contributed by atoms with Crippen LogP contribution in [0.15, 0.2) is 22.7 Å². The lowest BCUT2D eigenvalue weighted by molar-refractivity contribution is 0.0695. The van der Waals surface area contributed by atoms with Crippen LogP contribution in [-0.2, 0) is 4.74 Å². The van der Waals surface area contributed by atoms with Crippen LogP contribution < -0.4 is 5.73 Å². The van der Waals surface area contributed by atoms with Crippen molar-refractivity contribution in [2.45, 2.75) is 25.8 Å². The highest BCUT2D eigenvalue weighted by molar-refractivity contribution is 9.10. The van der Waals surface area contributed by atoms with Gasteiger partial charge in [-0.2, -0.15) is 0 Å². The van der Waals surface area contributed by atoms with Crippen LogP contribution >= 0.6 is 15.9 Å². The first-order valence-corrected chi connectivity index (χ1v) is 8.14. The Hall–Kier alpha value is -0.420. The van der Waals surface area contributed by atoms with Crippen LogP contribution in [0.5, 0.6) is 0 Å². The molecule has 0 bridgehead atoms. The second-order valence-corrected chi connectivity index (χ2v) is 6.59. The molecule has 112 valence electrons. The quantitative estimate of drug-likeness (QED) is 0.894. The maximum Gasteiger partial charge on any atom is 0.0502 e. The molecule has 1 aromatic rings. The fraction of sp³-hybridized carbons (Fsp3) is 0.625. The number of nitrogens with two attached hydrogens (primary N) is 1. The minimum absolute atomic E-state index is 0.296. The summed E-state index contributed by atoms with van der Waals surface area (Å²) in [6.07, 6.45) is 2.49. The Morgan fingerprint density at radius 2 is 2.30 bits per heavy atom. The molecule has 0 saturated carbocycles. The molecule has 1 heterocycles. The number of hydrogen-bond donors (Lipinski definition) is 1. The van der Waals surface area contributed by atoms with Gasteiger partial charge < -0.3 is 10.5 Å².